The van der Waals surface area contributed by atoms with E-state index in [0.29, 0.717) is 25.3 Å². The number of carbonyl (C=O) groups excluding carboxylic acids is 1. The van der Waals surface area contributed by atoms with E-state index in [2.05, 4.69) is 10.4 Å². The van der Waals surface area contributed by atoms with Gasteiger partial charge in [-0.3, -0.25) is 9.59 Å². The molecule has 0 aliphatic rings. The highest BCUT2D eigenvalue weighted by Gasteiger charge is 2.14. The molecule has 0 unspecified atom stereocenters. The van der Waals surface area contributed by atoms with E-state index in [1.165, 1.54) is 4.68 Å². The summed E-state index contributed by atoms with van der Waals surface area (Å²) in [5.74, 6) is -0.232. The molecule has 0 spiro atoms. The molecule has 0 saturated carbocycles. The highest BCUT2D eigenvalue weighted by atomic mass is 16.5. The first-order valence-corrected chi connectivity index (χ1v) is 8.41. The van der Waals surface area contributed by atoms with Crippen LogP contribution in [0.1, 0.15) is 13.3 Å². The van der Waals surface area contributed by atoms with Crippen LogP contribution in [0, 0.1) is 0 Å². The van der Waals surface area contributed by atoms with Gasteiger partial charge in [0.15, 0.2) is 0 Å². The lowest BCUT2D eigenvalue weighted by atomic mass is 10.2. The molecule has 1 amide bonds. The van der Waals surface area contributed by atoms with E-state index in [1.807, 2.05) is 42.8 Å². The Kier molecular flexibility index (Phi) is 5.14. The third-order valence-corrected chi connectivity index (χ3v) is 4.19. The number of para-hydroxylation sites is 1. The van der Waals surface area contributed by atoms with E-state index in [0.717, 1.165) is 22.7 Å². The Morgan fingerprint density at radius 3 is 2.88 bits per heavy atom. The van der Waals surface area contributed by atoms with Gasteiger partial charge in [-0.25, -0.2) is 4.68 Å². The number of benzene rings is 1. The van der Waals surface area contributed by atoms with Crippen LogP contribution in [0.4, 0.5) is 0 Å². The maximum Gasteiger partial charge on any atom is 0.291 e. The minimum Gasteiger partial charge on any atom is -0.382 e. The molecule has 3 rings (SSSR count). The van der Waals surface area contributed by atoms with Crippen LogP contribution in [0.3, 0.4) is 0 Å². The summed E-state index contributed by atoms with van der Waals surface area (Å²) in [5, 5.41) is 8.74. The number of aryl methyl sites for hydroxylation is 1. The first kappa shape index (κ1) is 17.2. The van der Waals surface area contributed by atoms with Gasteiger partial charge in [0.25, 0.3) is 5.56 Å². The van der Waals surface area contributed by atoms with Gasteiger partial charge in [0.1, 0.15) is 12.1 Å². The molecular weight excluding hydrogens is 320 g/mol. The lowest BCUT2D eigenvalue weighted by Gasteiger charge is -2.07. The second kappa shape index (κ2) is 7.48. The molecule has 1 aromatic carbocycles. The maximum atomic E-state index is 12.7. The Labute approximate surface area is 145 Å². The van der Waals surface area contributed by atoms with Crippen molar-refractivity contribution in [3.8, 4) is 0 Å². The van der Waals surface area contributed by atoms with E-state index < -0.39 is 0 Å². The Morgan fingerprint density at radius 2 is 2.08 bits per heavy atom. The first-order chi connectivity index (χ1) is 12.1. The number of hydrogen-bond donors (Lipinski definition) is 1. The van der Waals surface area contributed by atoms with Crippen LogP contribution in [0.25, 0.3) is 21.8 Å². The highest BCUT2D eigenvalue weighted by molar-refractivity contribution is 6.07. The zero-order valence-corrected chi connectivity index (χ0v) is 14.5. The fourth-order valence-corrected chi connectivity index (χ4v) is 2.96. The number of fused-ring (bicyclic) bond motifs is 3. The summed E-state index contributed by atoms with van der Waals surface area (Å²) >= 11 is 0. The van der Waals surface area contributed by atoms with E-state index >= 15 is 0 Å². The van der Waals surface area contributed by atoms with Gasteiger partial charge in [-0.05, 0) is 19.4 Å². The molecule has 0 bridgehead atoms. The third-order valence-electron chi connectivity index (χ3n) is 4.19. The largest absolute Gasteiger partial charge is 0.382 e. The average molecular weight is 342 g/mol. The van der Waals surface area contributed by atoms with E-state index in [4.69, 9.17) is 4.74 Å². The van der Waals surface area contributed by atoms with Gasteiger partial charge < -0.3 is 14.6 Å². The monoisotopic (exact) mass is 342 g/mol. The molecule has 0 radical (unpaired) electrons. The second-order valence-corrected chi connectivity index (χ2v) is 5.85. The van der Waals surface area contributed by atoms with E-state index in [9.17, 15) is 9.59 Å². The Bertz CT molecular complexity index is 958. The zero-order valence-electron chi connectivity index (χ0n) is 14.5. The maximum absolute atomic E-state index is 12.7. The number of ether oxygens (including phenoxy) is 1. The molecule has 0 fully saturated rings. The van der Waals surface area contributed by atoms with Crippen molar-refractivity contribution in [2.45, 2.75) is 19.9 Å². The van der Waals surface area contributed by atoms with Gasteiger partial charge in [0, 0.05) is 43.1 Å². The van der Waals surface area contributed by atoms with Crippen LogP contribution >= 0.6 is 0 Å². The van der Waals surface area contributed by atoms with Gasteiger partial charge in [0.2, 0.25) is 5.91 Å². The minimum absolute atomic E-state index is 0.0923. The van der Waals surface area contributed by atoms with Crippen LogP contribution in [-0.2, 0) is 23.1 Å². The molecule has 7 heteroatoms. The number of nitrogens with one attached hydrogen (secondary N) is 1. The molecule has 0 atom stereocenters. The number of carbonyl (C=O) groups is 1. The molecule has 2 heterocycles. The molecular formula is C18H22N4O3. The van der Waals surface area contributed by atoms with Gasteiger partial charge in [-0.1, -0.05) is 18.2 Å². The second-order valence-electron chi connectivity index (χ2n) is 5.85. The minimum atomic E-state index is -0.263. The topological polar surface area (TPSA) is 78.2 Å². The Balaban J connectivity index is 1.80. The number of nitrogens with zero attached hydrogens (tertiary/aromatic N) is 3. The van der Waals surface area contributed by atoms with Crippen LogP contribution in [0.5, 0.6) is 0 Å². The summed E-state index contributed by atoms with van der Waals surface area (Å²) < 4.78 is 8.28. The number of rotatable bonds is 7. The molecule has 25 heavy (non-hydrogen) atoms. The lowest BCUT2D eigenvalue weighted by molar-refractivity contribution is -0.121. The lowest BCUT2D eigenvalue weighted by Crippen LogP contribution is -2.34. The zero-order chi connectivity index (χ0) is 17.8. The van der Waals surface area contributed by atoms with Crippen molar-refractivity contribution in [1.82, 2.24) is 19.7 Å². The molecule has 0 aliphatic heterocycles. The van der Waals surface area contributed by atoms with E-state index in [1.54, 1.807) is 6.20 Å². The van der Waals surface area contributed by atoms with E-state index in [-0.39, 0.29) is 18.0 Å². The van der Waals surface area contributed by atoms with Crippen LogP contribution in [-0.4, -0.2) is 40.0 Å². The number of aromatic nitrogens is 3. The molecule has 3 aromatic rings. The fraction of sp³-hybridized carbons (Fsp3) is 0.389. The van der Waals surface area contributed by atoms with Crippen molar-refractivity contribution in [1.29, 1.82) is 0 Å². The smallest absolute Gasteiger partial charge is 0.291 e. The van der Waals surface area contributed by atoms with Crippen LogP contribution < -0.4 is 10.9 Å². The summed E-state index contributed by atoms with van der Waals surface area (Å²) in [4.78, 5) is 24.8. The van der Waals surface area contributed by atoms with Crippen molar-refractivity contribution >= 4 is 27.7 Å². The van der Waals surface area contributed by atoms with Crippen LogP contribution in [0.15, 0.2) is 35.3 Å². The quantitative estimate of drug-likeness (QED) is 0.659. The standard InChI is InChI=1S/C18H22N4O3/c1-3-25-10-6-9-19-16(23)12-22-18(24)17-14(11-20-22)13-7-4-5-8-15(13)21(17)2/h4-5,7-8,11H,3,6,9-10,12H2,1-2H3,(H,19,23). The SMILES string of the molecule is CCOCCCNC(=O)Cn1ncc2c3ccccc3n(C)c2c1=O. The van der Waals surface area contributed by atoms with Crippen molar-refractivity contribution in [2.75, 3.05) is 19.8 Å². The molecule has 7 nitrogen and oxygen atoms in total. The average Bonchev–Trinajstić information content (AvgIpc) is 2.91. The number of hydrogen-bond acceptors (Lipinski definition) is 4. The van der Waals surface area contributed by atoms with Gasteiger partial charge in [-0.15, -0.1) is 0 Å². The van der Waals surface area contributed by atoms with Gasteiger partial charge in [-0.2, -0.15) is 5.10 Å². The molecule has 132 valence electrons. The summed E-state index contributed by atoms with van der Waals surface area (Å²) in [7, 11) is 1.85. The Hall–Kier alpha value is -2.67. The Morgan fingerprint density at radius 1 is 1.28 bits per heavy atom. The first-order valence-electron chi connectivity index (χ1n) is 8.41. The summed E-state index contributed by atoms with van der Waals surface area (Å²) in [6.45, 7) is 3.63. The molecule has 1 N–H and O–H groups in total. The van der Waals surface area contributed by atoms with Crippen molar-refractivity contribution in [3.63, 3.8) is 0 Å². The summed E-state index contributed by atoms with van der Waals surface area (Å²) in [6, 6.07) is 7.80. The normalized spacial score (nSPS) is 11.3. The molecule has 0 aliphatic carbocycles. The third kappa shape index (κ3) is 3.41. The van der Waals surface area contributed by atoms with Crippen molar-refractivity contribution < 1.29 is 9.53 Å². The summed E-state index contributed by atoms with van der Waals surface area (Å²) in [5.41, 5.74) is 1.26. The predicted molar refractivity (Wildman–Crippen MR) is 96.6 cm³/mol. The highest BCUT2D eigenvalue weighted by Crippen LogP contribution is 2.24. The fourth-order valence-electron chi connectivity index (χ4n) is 2.96. The number of amides is 1. The molecule has 0 saturated heterocycles. The van der Waals surface area contributed by atoms with Gasteiger partial charge in [0.05, 0.1) is 6.20 Å². The summed E-state index contributed by atoms with van der Waals surface area (Å²) in [6.07, 6.45) is 2.39. The molecule has 2 aromatic heterocycles. The van der Waals surface area contributed by atoms with Crippen LogP contribution in [0.2, 0.25) is 0 Å². The van der Waals surface area contributed by atoms with Crippen molar-refractivity contribution in [2.24, 2.45) is 7.05 Å². The predicted octanol–water partition coefficient (Wildman–Crippen LogP) is 1.43. The van der Waals surface area contributed by atoms with Crippen molar-refractivity contribution in [3.05, 3.63) is 40.8 Å². The van der Waals surface area contributed by atoms with Gasteiger partial charge >= 0.3 is 0 Å².